The van der Waals surface area contributed by atoms with Crippen molar-refractivity contribution in [1.29, 1.82) is 0 Å². The lowest BCUT2D eigenvalue weighted by atomic mass is 10.1. The molecule has 0 radical (unpaired) electrons. The average molecular weight is 223 g/mol. The maximum atomic E-state index is 5.92. The molecule has 90 valence electrons. The average Bonchev–Trinajstić information content (AvgIpc) is 2.91. The highest BCUT2D eigenvalue weighted by atomic mass is 16.5. The number of hydrogen-bond acceptors (Lipinski definition) is 3. The molecule has 0 amide bonds. The molecule has 1 fully saturated rings. The van der Waals surface area contributed by atoms with Crippen molar-refractivity contribution >= 4 is 0 Å². The van der Waals surface area contributed by atoms with Crippen molar-refractivity contribution in [3.63, 3.8) is 0 Å². The van der Waals surface area contributed by atoms with Crippen LogP contribution in [-0.2, 0) is 17.7 Å². The van der Waals surface area contributed by atoms with Gasteiger partial charge in [0.25, 0.3) is 0 Å². The van der Waals surface area contributed by atoms with Crippen LogP contribution in [0.1, 0.15) is 31.7 Å². The minimum atomic E-state index is 0.250. The molecule has 2 N–H and O–H groups in total. The third-order valence-corrected chi connectivity index (χ3v) is 3.12. The van der Waals surface area contributed by atoms with Gasteiger partial charge >= 0.3 is 0 Å². The summed E-state index contributed by atoms with van der Waals surface area (Å²) in [5, 5.41) is 4.35. The Labute approximate surface area is 96.8 Å². The van der Waals surface area contributed by atoms with Gasteiger partial charge in [0.1, 0.15) is 0 Å². The number of nitrogens with two attached hydrogens (primary N) is 1. The van der Waals surface area contributed by atoms with Crippen LogP contribution in [0.15, 0.2) is 12.4 Å². The summed E-state index contributed by atoms with van der Waals surface area (Å²) in [6.45, 7) is 3.89. The minimum absolute atomic E-state index is 0.250. The fraction of sp³-hybridized carbons (Fsp3) is 0.750. The Balaban J connectivity index is 1.86. The van der Waals surface area contributed by atoms with E-state index in [9.17, 15) is 0 Å². The van der Waals surface area contributed by atoms with Crippen LogP contribution >= 0.6 is 0 Å². The predicted octanol–water partition coefficient (Wildman–Crippen LogP) is 1.34. The second-order valence-corrected chi connectivity index (χ2v) is 4.58. The van der Waals surface area contributed by atoms with Gasteiger partial charge in [-0.1, -0.05) is 6.92 Å². The van der Waals surface area contributed by atoms with Gasteiger partial charge in [-0.05, 0) is 31.2 Å². The monoisotopic (exact) mass is 223 g/mol. The van der Waals surface area contributed by atoms with E-state index in [1.165, 1.54) is 12.0 Å². The summed E-state index contributed by atoms with van der Waals surface area (Å²) in [5.41, 5.74) is 7.15. The molecule has 0 saturated carbocycles. The number of rotatable bonds is 5. The van der Waals surface area contributed by atoms with Gasteiger partial charge in [-0.3, -0.25) is 4.68 Å². The van der Waals surface area contributed by atoms with E-state index in [4.69, 9.17) is 10.5 Å². The van der Waals surface area contributed by atoms with Crippen molar-refractivity contribution in [2.24, 2.45) is 5.73 Å². The maximum Gasteiger partial charge on any atom is 0.0771 e. The van der Waals surface area contributed by atoms with Crippen molar-refractivity contribution in [1.82, 2.24) is 9.78 Å². The highest BCUT2D eigenvalue weighted by Crippen LogP contribution is 2.14. The summed E-state index contributed by atoms with van der Waals surface area (Å²) >= 11 is 0. The molecule has 2 unspecified atom stereocenters. The molecule has 2 atom stereocenters. The van der Waals surface area contributed by atoms with E-state index >= 15 is 0 Å². The third-order valence-electron chi connectivity index (χ3n) is 3.12. The Hall–Kier alpha value is -0.870. The second kappa shape index (κ2) is 5.46. The van der Waals surface area contributed by atoms with E-state index in [-0.39, 0.29) is 6.04 Å². The number of aromatic nitrogens is 2. The lowest BCUT2D eigenvalue weighted by molar-refractivity contribution is 0.0940. The van der Waals surface area contributed by atoms with Crippen LogP contribution in [0, 0.1) is 0 Å². The Morgan fingerprint density at radius 1 is 1.69 bits per heavy atom. The molecule has 2 rings (SSSR count). The van der Waals surface area contributed by atoms with E-state index in [1.807, 2.05) is 10.9 Å². The summed E-state index contributed by atoms with van der Waals surface area (Å²) in [7, 11) is 0. The zero-order chi connectivity index (χ0) is 11.4. The van der Waals surface area contributed by atoms with Crippen LogP contribution in [0.5, 0.6) is 0 Å². The minimum Gasteiger partial charge on any atom is -0.376 e. The maximum absolute atomic E-state index is 5.92. The Bertz CT molecular complexity index is 318. The lowest BCUT2D eigenvalue weighted by Gasteiger charge is -2.08. The van der Waals surface area contributed by atoms with Gasteiger partial charge in [-0.25, -0.2) is 0 Å². The summed E-state index contributed by atoms with van der Waals surface area (Å²) in [6.07, 6.45) is 8.64. The molecule has 1 aromatic rings. The first-order chi connectivity index (χ1) is 7.78. The first-order valence-corrected chi connectivity index (χ1v) is 6.16. The molecule has 1 aromatic heterocycles. The van der Waals surface area contributed by atoms with Gasteiger partial charge in [0.15, 0.2) is 0 Å². The number of ether oxygens (including phenoxy) is 1. The molecule has 16 heavy (non-hydrogen) atoms. The molecule has 4 heteroatoms. The van der Waals surface area contributed by atoms with Crippen molar-refractivity contribution in [3.8, 4) is 0 Å². The first-order valence-electron chi connectivity index (χ1n) is 6.16. The molecule has 4 nitrogen and oxygen atoms in total. The van der Waals surface area contributed by atoms with Crippen LogP contribution in [0.3, 0.4) is 0 Å². The van der Waals surface area contributed by atoms with Crippen molar-refractivity contribution in [3.05, 3.63) is 18.0 Å². The number of nitrogens with zero attached hydrogens (tertiary/aromatic N) is 2. The Kier molecular flexibility index (Phi) is 3.96. The normalized spacial score (nSPS) is 22.5. The molecule has 0 bridgehead atoms. The van der Waals surface area contributed by atoms with Crippen LogP contribution in [-0.4, -0.2) is 28.5 Å². The van der Waals surface area contributed by atoms with Crippen molar-refractivity contribution in [2.45, 2.75) is 51.3 Å². The van der Waals surface area contributed by atoms with Gasteiger partial charge in [0.05, 0.1) is 18.8 Å². The lowest BCUT2D eigenvalue weighted by Crippen LogP contribution is -2.21. The van der Waals surface area contributed by atoms with Crippen LogP contribution in [0.2, 0.25) is 0 Å². The van der Waals surface area contributed by atoms with Gasteiger partial charge < -0.3 is 10.5 Å². The van der Waals surface area contributed by atoms with Crippen LogP contribution in [0.25, 0.3) is 0 Å². The molecular weight excluding hydrogens is 202 g/mol. The van der Waals surface area contributed by atoms with Crippen LogP contribution in [0.4, 0.5) is 0 Å². The quantitative estimate of drug-likeness (QED) is 0.819. The largest absolute Gasteiger partial charge is 0.376 e. The van der Waals surface area contributed by atoms with Gasteiger partial charge in [0.2, 0.25) is 0 Å². The molecule has 2 heterocycles. The number of hydrogen-bond donors (Lipinski definition) is 1. The van der Waals surface area contributed by atoms with Crippen LogP contribution < -0.4 is 5.73 Å². The molecule has 0 aromatic carbocycles. The van der Waals surface area contributed by atoms with E-state index in [0.29, 0.717) is 6.10 Å². The molecule has 1 saturated heterocycles. The van der Waals surface area contributed by atoms with E-state index in [1.54, 1.807) is 0 Å². The summed E-state index contributed by atoms with van der Waals surface area (Å²) in [4.78, 5) is 0. The summed E-state index contributed by atoms with van der Waals surface area (Å²) in [6, 6.07) is 0.250. The van der Waals surface area contributed by atoms with Gasteiger partial charge in [-0.2, -0.15) is 5.10 Å². The standard InChI is InChI=1S/C12H21N3O/c1-2-11(13)6-10-7-14-15(8-10)9-12-4-3-5-16-12/h7-8,11-12H,2-6,9,13H2,1H3. The molecule has 0 aliphatic carbocycles. The SMILES string of the molecule is CCC(N)Cc1cnn(CC2CCCO2)c1. The van der Waals surface area contributed by atoms with E-state index in [2.05, 4.69) is 18.2 Å². The molecule has 0 spiro atoms. The topological polar surface area (TPSA) is 53.1 Å². The molecule has 1 aliphatic heterocycles. The first kappa shape index (κ1) is 11.6. The molecular formula is C12H21N3O. The summed E-state index contributed by atoms with van der Waals surface area (Å²) < 4.78 is 7.56. The zero-order valence-corrected chi connectivity index (χ0v) is 9.93. The summed E-state index contributed by atoms with van der Waals surface area (Å²) in [5.74, 6) is 0. The smallest absolute Gasteiger partial charge is 0.0771 e. The third kappa shape index (κ3) is 3.06. The molecule has 1 aliphatic rings. The highest BCUT2D eigenvalue weighted by molar-refractivity contribution is 5.05. The predicted molar refractivity (Wildman–Crippen MR) is 63.2 cm³/mol. The van der Waals surface area contributed by atoms with Crippen molar-refractivity contribution < 1.29 is 4.74 Å². The Morgan fingerprint density at radius 2 is 2.56 bits per heavy atom. The fourth-order valence-corrected chi connectivity index (χ4v) is 2.06. The highest BCUT2D eigenvalue weighted by Gasteiger charge is 2.16. The zero-order valence-electron chi connectivity index (χ0n) is 9.93. The van der Waals surface area contributed by atoms with Gasteiger partial charge in [0, 0.05) is 18.8 Å². The fourth-order valence-electron chi connectivity index (χ4n) is 2.06. The van der Waals surface area contributed by atoms with Gasteiger partial charge in [-0.15, -0.1) is 0 Å². The van der Waals surface area contributed by atoms with Crippen molar-refractivity contribution in [2.75, 3.05) is 6.61 Å². The van der Waals surface area contributed by atoms with E-state index in [0.717, 1.165) is 32.4 Å². The Morgan fingerprint density at radius 3 is 3.25 bits per heavy atom. The van der Waals surface area contributed by atoms with E-state index < -0.39 is 0 Å². The second-order valence-electron chi connectivity index (χ2n) is 4.58.